The van der Waals surface area contributed by atoms with Crippen molar-refractivity contribution >= 4 is 34.7 Å². The van der Waals surface area contributed by atoms with Crippen LogP contribution in [0.2, 0.25) is 0 Å². The fourth-order valence-corrected chi connectivity index (χ4v) is 3.24. The summed E-state index contributed by atoms with van der Waals surface area (Å²) < 4.78 is 9.79. The van der Waals surface area contributed by atoms with Crippen LogP contribution in [0, 0.1) is 0 Å². The standard InChI is InChI=1S/C24H34N4O5/c1-24(2,3)33-23(31)28-21(25)16-11-12-19-17(14-16)18(15-27-19)22(30)26-13-9-7-5-6-8-10-20(29)32-4/h11-12,14-15,27H,5-10,13H2,1-4H3,(H,26,30)(H2,25,28,31). The third kappa shape index (κ3) is 8.59. The number of benzene rings is 1. The molecule has 0 saturated carbocycles. The molecule has 180 valence electrons. The Hall–Kier alpha value is -3.36. The third-order valence-electron chi connectivity index (χ3n) is 4.90. The van der Waals surface area contributed by atoms with E-state index in [4.69, 9.17) is 10.5 Å². The molecule has 9 heteroatoms. The lowest BCUT2D eigenvalue weighted by molar-refractivity contribution is -0.140. The number of ether oxygens (including phenoxy) is 2. The number of nitrogens with two attached hydrogens (primary N) is 1. The Labute approximate surface area is 194 Å². The Balaban J connectivity index is 1.91. The van der Waals surface area contributed by atoms with Gasteiger partial charge in [0.05, 0.1) is 12.7 Å². The third-order valence-corrected chi connectivity index (χ3v) is 4.90. The van der Waals surface area contributed by atoms with Gasteiger partial charge in [-0.1, -0.05) is 19.3 Å². The van der Waals surface area contributed by atoms with E-state index in [-0.39, 0.29) is 17.7 Å². The number of nitrogens with zero attached hydrogens (tertiary/aromatic N) is 1. The number of unbranched alkanes of at least 4 members (excludes halogenated alkanes) is 4. The molecule has 0 aliphatic carbocycles. The van der Waals surface area contributed by atoms with E-state index in [1.165, 1.54) is 7.11 Å². The summed E-state index contributed by atoms with van der Waals surface area (Å²) in [6.07, 6.45) is 5.93. The molecule has 9 nitrogen and oxygen atoms in total. The number of amidine groups is 1. The van der Waals surface area contributed by atoms with Crippen molar-refractivity contribution in [1.82, 2.24) is 10.3 Å². The van der Waals surface area contributed by atoms with Gasteiger partial charge in [0.25, 0.3) is 5.91 Å². The number of H-pyrrole nitrogens is 1. The van der Waals surface area contributed by atoms with E-state index >= 15 is 0 Å². The van der Waals surface area contributed by atoms with Gasteiger partial charge in [0, 0.05) is 35.6 Å². The Bertz CT molecular complexity index is 1000. The van der Waals surface area contributed by atoms with Crippen LogP contribution < -0.4 is 11.1 Å². The molecule has 0 spiro atoms. The Morgan fingerprint density at radius 3 is 2.48 bits per heavy atom. The van der Waals surface area contributed by atoms with Crippen molar-refractivity contribution in [3.05, 3.63) is 35.5 Å². The summed E-state index contributed by atoms with van der Waals surface area (Å²) in [5.74, 6) is -0.348. The van der Waals surface area contributed by atoms with Crippen molar-refractivity contribution in [2.24, 2.45) is 10.7 Å². The molecular formula is C24H34N4O5. The number of rotatable bonds is 10. The van der Waals surface area contributed by atoms with Crippen LogP contribution in [0.5, 0.6) is 0 Å². The Morgan fingerprint density at radius 1 is 1.09 bits per heavy atom. The van der Waals surface area contributed by atoms with Crippen LogP contribution in [-0.4, -0.2) is 48.0 Å². The zero-order valence-corrected chi connectivity index (χ0v) is 19.8. The fraction of sp³-hybridized carbons (Fsp3) is 0.500. The van der Waals surface area contributed by atoms with E-state index < -0.39 is 11.7 Å². The molecule has 33 heavy (non-hydrogen) atoms. The van der Waals surface area contributed by atoms with E-state index in [2.05, 4.69) is 20.0 Å². The van der Waals surface area contributed by atoms with Crippen molar-refractivity contribution in [1.29, 1.82) is 0 Å². The Kier molecular flexibility index (Phi) is 9.44. The number of hydrogen-bond donors (Lipinski definition) is 3. The first-order valence-corrected chi connectivity index (χ1v) is 11.1. The molecule has 1 aromatic carbocycles. The molecule has 2 aromatic rings. The van der Waals surface area contributed by atoms with Crippen molar-refractivity contribution in [2.45, 2.75) is 64.9 Å². The van der Waals surface area contributed by atoms with Gasteiger partial charge in [-0.2, -0.15) is 4.99 Å². The normalized spacial score (nSPS) is 11.9. The first-order chi connectivity index (χ1) is 15.6. The first-order valence-electron chi connectivity index (χ1n) is 11.1. The number of fused-ring (bicyclic) bond motifs is 1. The van der Waals surface area contributed by atoms with Gasteiger partial charge in [-0.15, -0.1) is 0 Å². The van der Waals surface area contributed by atoms with Crippen molar-refractivity contribution < 1.29 is 23.9 Å². The van der Waals surface area contributed by atoms with Gasteiger partial charge in [-0.25, -0.2) is 4.79 Å². The summed E-state index contributed by atoms with van der Waals surface area (Å²) in [6, 6.07) is 5.24. The number of nitrogens with one attached hydrogen (secondary N) is 2. The van der Waals surface area contributed by atoms with E-state index in [1.54, 1.807) is 45.2 Å². The number of carbonyl (C=O) groups is 3. The van der Waals surface area contributed by atoms with Crippen LogP contribution in [-0.2, 0) is 14.3 Å². The maximum atomic E-state index is 12.7. The molecule has 0 saturated heterocycles. The van der Waals surface area contributed by atoms with Gasteiger partial charge in [0.2, 0.25) is 0 Å². The number of esters is 1. The van der Waals surface area contributed by atoms with Crippen LogP contribution in [0.1, 0.15) is 75.2 Å². The zero-order valence-electron chi connectivity index (χ0n) is 19.8. The second-order valence-electron chi connectivity index (χ2n) is 8.79. The van der Waals surface area contributed by atoms with Gasteiger partial charge >= 0.3 is 12.1 Å². The molecular weight excluding hydrogens is 424 g/mol. The number of hydrogen-bond acceptors (Lipinski definition) is 5. The number of aromatic nitrogens is 1. The van der Waals surface area contributed by atoms with Gasteiger partial charge in [-0.3, -0.25) is 9.59 Å². The number of methoxy groups -OCH3 is 1. The molecule has 0 radical (unpaired) electrons. The lowest BCUT2D eigenvalue weighted by Crippen LogP contribution is -2.24. The minimum atomic E-state index is -0.766. The highest BCUT2D eigenvalue weighted by molar-refractivity contribution is 6.10. The number of aliphatic imine (C=N–C) groups is 1. The van der Waals surface area contributed by atoms with Crippen LogP contribution in [0.4, 0.5) is 4.79 Å². The van der Waals surface area contributed by atoms with Crippen molar-refractivity contribution in [3.63, 3.8) is 0 Å². The fourth-order valence-electron chi connectivity index (χ4n) is 3.24. The SMILES string of the molecule is COC(=O)CCCCCCCNC(=O)c1c[nH]c2ccc(/C(N)=N/C(=O)OC(C)(C)C)cc12. The highest BCUT2D eigenvalue weighted by atomic mass is 16.6. The minimum Gasteiger partial charge on any atom is -0.469 e. The number of amides is 2. The summed E-state index contributed by atoms with van der Waals surface area (Å²) in [4.78, 5) is 42.5. The molecule has 0 atom stereocenters. The van der Waals surface area contributed by atoms with Crippen LogP contribution in [0.3, 0.4) is 0 Å². The lowest BCUT2D eigenvalue weighted by Gasteiger charge is -2.17. The number of aromatic amines is 1. The maximum absolute atomic E-state index is 12.7. The molecule has 0 bridgehead atoms. The molecule has 2 amide bonds. The largest absolute Gasteiger partial charge is 0.469 e. The van der Waals surface area contributed by atoms with E-state index in [1.807, 2.05) is 0 Å². The topological polar surface area (TPSA) is 136 Å². The molecule has 1 aromatic heterocycles. The van der Waals surface area contributed by atoms with Crippen molar-refractivity contribution in [2.75, 3.05) is 13.7 Å². The maximum Gasteiger partial charge on any atom is 0.436 e. The highest BCUT2D eigenvalue weighted by Crippen LogP contribution is 2.20. The van der Waals surface area contributed by atoms with Gasteiger partial charge < -0.3 is 25.5 Å². The van der Waals surface area contributed by atoms with Gasteiger partial charge in [-0.05, 0) is 51.8 Å². The van der Waals surface area contributed by atoms with E-state index in [9.17, 15) is 14.4 Å². The summed E-state index contributed by atoms with van der Waals surface area (Å²) in [5.41, 5.74) is 7.11. The number of carbonyl (C=O) groups excluding carboxylic acids is 3. The van der Waals surface area contributed by atoms with Crippen molar-refractivity contribution in [3.8, 4) is 0 Å². The molecule has 0 unspecified atom stereocenters. The van der Waals surface area contributed by atoms with E-state index in [0.29, 0.717) is 29.5 Å². The average molecular weight is 459 g/mol. The Morgan fingerprint density at radius 2 is 1.79 bits per heavy atom. The average Bonchev–Trinajstić information content (AvgIpc) is 3.17. The second kappa shape index (κ2) is 12.0. The zero-order chi connectivity index (χ0) is 24.4. The summed E-state index contributed by atoms with van der Waals surface area (Å²) in [6.45, 7) is 5.81. The molecule has 0 aliphatic heterocycles. The molecule has 0 fully saturated rings. The highest BCUT2D eigenvalue weighted by Gasteiger charge is 2.17. The summed E-state index contributed by atoms with van der Waals surface area (Å²) in [5, 5.41) is 3.62. The van der Waals surface area contributed by atoms with Crippen LogP contribution in [0.25, 0.3) is 10.9 Å². The first kappa shape index (κ1) is 25.9. The monoisotopic (exact) mass is 458 g/mol. The summed E-state index contributed by atoms with van der Waals surface area (Å²) in [7, 11) is 1.39. The quantitative estimate of drug-likeness (QED) is 0.213. The van der Waals surface area contributed by atoms with Crippen LogP contribution >= 0.6 is 0 Å². The second-order valence-corrected chi connectivity index (χ2v) is 8.79. The predicted octanol–water partition coefficient (Wildman–Crippen LogP) is 4.05. The molecule has 1 heterocycles. The molecule has 0 aliphatic rings. The van der Waals surface area contributed by atoms with E-state index in [0.717, 1.165) is 37.6 Å². The van der Waals surface area contributed by atoms with Gasteiger partial charge in [0.15, 0.2) is 0 Å². The minimum absolute atomic E-state index is 0.0194. The van der Waals surface area contributed by atoms with Crippen LogP contribution in [0.15, 0.2) is 29.4 Å². The lowest BCUT2D eigenvalue weighted by atomic mass is 10.1. The molecule has 2 rings (SSSR count). The summed E-state index contributed by atoms with van der Waals surface area (Å²) >= 11 is 0. The van der Waals surface area contributed by atoms with Gasteiger partial charge in [0.1, 0.15) is 11.4 Å². The predicted molar refractivity (Wildman–Crippen MR) is 127 cm³/mol. The smallest absolute Gasteiger partial charge is 0.436 e. The molecule has 4 N–H and O–H groups in total.